The topological polar surface area (TPSA) is 112 Å². The van der Waals surface area contributed by atoms with Crippen molar-refractivity contribution in [2.45, 2.75) is 18.5 Å². The van der Waals surface area contributed by atoms with Crippen LogP contribution in [0.1, 0.15) is 81.0 Å². The third kappa shape index (κ3) is 4.48. The lowest BCUT2D eigenvalue weighted by molar-refractivity contribution is -0.173. The van der Waals surface area contributed by atoms with E-state index in [9.17, 15) is 29.1 Å². The lowest BCUT2D eigenvalue weighted by Crippen LogP contribution is -2.41. The molecule has 2 heterocycles. The van der Waals surface area contributed by atoms with Crippen molar-refractivity contribution in [3.8, 4) is 24.7 Å². The minimum atomic E-state index is -5.05. The van der Waals surface area contributed by atoms with Gasteiger partial charge in [0.15, 0.2) is 0 Å². The summed E-state index contributed by atoms with van der Waals surface area (Å²) < 4.78 is 45.6. The van der Waals surface area contributed by atoms with E-state index in [0.717, 1.165) is 42.2 Å². The van der Waals surface area contributed by atoms with Gasteiger partial charge in [-0.15, -0.1) is 12.8 Å². The number of anilines is 2. The third-order valence-corrected chi connectivity index (χ3v) is 8.40. The summed E-state index contributed by atoms with van der Waals surface area (Å²) in [4.78, 5) is 66.7. The number of hydrogen-bond donors (Lipinski definition) is 1. The predicted molar refractivity (Wildman–Crippen MR) is 163 cm³/mol. The predicted octanol–water partition coefficient (Wildman–Crippen LogP) is 5.82. The second kappa shape index (κ2) is 10.6. The van der Waals surface area contributed by atoms with Crippen LogP contribution in [-0.4, -0.2) is 40.9 Å². The number of nitrogens with zero attached hydrogens (tertiary/aromatic N) is 2. The zero-order valence-corrected chi connectivity index (χ0v) is 24.2. The van der Waals surface area contributed by atoms with E-state index < -0.39 is 63.6 Å². The highest BCUT2D eigenvalue weighted by atomic mass is 19.4. The minimum Gasteiger partial charge on any atom is -0.478 e. The molecule has 0 fully saturated rings. The van der Waals surface area contributed by atoms with Gasteiger partial charge >= 0.3 is 12.1 Å². The van der Waals surface area contributed by atoms with E-state index in [2.05, 4.69) is 11.8 Å². The fourth-order valence-electron chi connectivity index (χ4n) is 5.77. The average molecular weight is 633 g/mol. The monoisotopic (exact) mass is 632 g/mol. The van der Waals surface area contributed by atoms with Gasteiger partial charge in [-0.2, -0.15) is 13.2 Å². The molecular formula is C36H19F3N2O6. The molecule has 11 heteroatoms. The second-order valence-electron chi connectivity index (χ2n) is 10.9. The summed E-state index contributed by atoms with van der Waals surface area (Å²) in [5.41, 5.74) is -4.79. The zero-order chi connectivity index (χ0) is 34.0. The van der Waals surface area contributed by atoms with Crippen molar-refractivity contribution in [3.63, 3.8) is 0 Å². The molecule has 1 unspecified atom stereocenters. The molecule has 1 N–H and O–H groups in total. The summed E-state index contributed by atoms with van der Waals surface area (Å²) in [5, 5.41) is 9.90. The number of aromatic carboxylic acids is 1. The van der Waals surface area contributed by atoms with Gasteiger partial charge in [0.05, 0.1) is 39.2 Å². The standard InChI is InChI=1S/C36H19F3N2O6/c1-4-19-9-12-24-27(15-19)32(44)40(30(24)42)23-8-6-7-21(17-23)35(3,36(37,38)39)22-11-14-26(34(46)47)29(18-22)41-31(43)25-13-10-20(5-2)16-28(25)33(41)45/h1-2,6-18H,3H3,(H,46,47). The maximum Gasteiger partial charge on any atom is 0.402 e. The van der Waals surface area contributed by atoms with Crippen LogP contribution in [0.3, 0.4) is 0 Å². The Bertz CT molecular complexity index is 2210. The summed E-state index contributed by atoms with van der Waals surface area (Å²) in [6.07, 6.45) is 5.76. The second-order valence-corrected chi connectivity index (χ2v) is 10.9. The molecule has 2 aliphatic heterocycles. The number of rotatable bonds is 5. The quantitative estimate of drug-likeness (QED) is 0.219. The molecule has 8 nitrogen and oxygen atoms in total. The van der Waals surface area contributed by atoms with Crippen molar-refractivity contribution in [1.29, 1.82) is 0 Å². The number of carbonyl (C=O) groups is 5. The van der Waals surface area contributed by atoms with Gasteiger partial charge in [0, 0.05) is 11.1 Å². The molecule has 0 radical (unpaired) electrons. The number of carboxylic acids is 1. The van der Waals surface area contributed by atoms with Crippen molar-refractivity contribution < 1.29 is 42.3 Å². The fourth-order valence-corrected chi connectivity index (χ4v) is 5.77. The summed E-state index contributed by atoms with van der Waals surface area (Å²) in [7, 11) is 0. The van der Waals surface area contributed by atoms with Crippen LogP contribution >= 0.6 is 0 Å². The SMILES string of the molecule is C#Cc1ccc2c(c1)C(=O)N(c1cccc(C(C)(c3ccc(C(=O)O)c(N4C(=O)c5ccc(C#C)cc5C4=O)c3)C(F)(F)F)c1)C2=O. The molecule has 4 amide bonds. The molecule has 0 bridgehead atoms. The molecule has 0 spiro atoms. The third-order valence-electron chi connectivity index (χ3n) is 8.40. The Morgan fingerprint density at radius 1 is 0.681 bits per heavy atom. The van der Waals surface area contributed by atoms with Crippen molar-refractivity contribution in [1.82, 2.24) is 0 Å². The van der Waals surface area contributed by atoms with Crippen LogP contribution in [0.2, 0.25) is 0 Å². The lowest BCUT2D eigenvalue weighted by atomic mass is 9.75. The first-order valence-electron chi connectivity index (χ1n) is 13.8. The van der Waals surface area contributed by atoms with Crippen LogP contribution in [0.4, 0.5) is 24.5 Å². The van der Waals surface area contributed by atoms with E-state index in [4.69, 9.17) is 12.8 Å². The molecule has 0 saturated heterocycles. The number of terminal acetylenes is 2. The Labute approximate surface area is 265 Å². The van der Waals surface area contributed by atoms with E-state index >= 15 is 13.2 Å². The molecule has 0 aromatic heterocycles. The molecule has 0 saturated carbocycles. The Hall–Kier alpha value is -6.46. The molecule has 4 aromatic rings. The van der Waals surface area contributed by atoms with Crippen molar-refractivity contribution >= 4 is 41.0 Å². The van der Waals surface area contributed by atoms with Crippen molar-refractivity contribution in [2.75, 3.05) is 9.80 Å². The van der Waals surface area contributed by atoms with Crippen molar-refractivity contribution in [3.05, 3.63) is 129 Å². The summed E-state index contributed by atoms with van der Waals surface area (Å²) >= 11 is 0. The molecule has 4 aromatic carbocycles. The van der Waals surface area contributed by atoms with Crippen LogP contribution < -0.4 is 9.80 Å². The normalized spacial score (nSPS) is 15.2. The highest BCUT2D eigenvalue weighted by molar-refractivity contribution is 6.36. The van der Waals surface area contributed by atoms with E-state index in [-0.39, 0.29) is 33.5 Å². The van der Waals surface area contributed by atoms with Gasteiger partial charge in [-0.25, -0.2) is 14.6 Å². The smallest absolute Gasteiger partial charge is 0.402 e. The van der Waals surface area contributed by atoms with Crippen LogP contribution in [0.5, 0.6) is 0 Å². The Balaban J connectivity index is 1.49. The highest BCUT2D eigenvalue weighted by Crippen LogP contribution is 2.48. The van der Waals surface area contributed by atoms with E-state index in [1.165, 1.54) is 48.5 Å². The Morgan fingerprint density at radius 2 is 1.19 bits per heavy atom. The van der Waals surface area contributed by atoms with Gasteiger partial charge in [-0.1, -0.05) is 30.0 Å². The summed E-state index contributed by atoms with van der Waals surface area (Å²) in [6.45, 7) is 0.828. The highest BCUT2D eigenvalue weighted by Gasteiger charge is 2.54. The van der Waals surface area contributed by atoms with E-state index in [1.807, 2.05) is 0 Å². The first-order valence-corrected chi connectivity index (χ1v) is 13.8. The van der Waals surface area contributed by atoms with Crippen LogP contribution in [0.15, 0.2) is 78.9 Å². The van der Waals surface area contributed by atoms with Crippen LogP contribution in [0.25, 0.3) is 0 Å². The maximum absolute atomic E-state index is 15.2. The summed E-state index contributed by atoms with van der Waals surface area (Å²) in [6, 6.07) is 15.5. The number of carbonyl (C=O) groups excluding carboxylic acids is 4. The summed E-state index contributed by atoms with van der Waals surface area (Å²) in [5.74, 6) is -0.345. The maximum atomic E-state index is 15.2. The zero-order valence-electron chi connectivity index (χ0n) is 24.2. The molecule has 0 aliphatic carbocycles. The lowest BCUT2D eigenvalue weighted by Gasteiger charge is -2.34. The Kier molecular flexibility index (Phi) is 6.87. The van der Waals surface area contributed by atoms with Gasteiger partial charge in [0.25, 0.3) is 23.6 Å². The van der Waals surface area contributed by atoms with Gasteiger partial charge in [0.2, 0.25) is 0 Å². The van der Waals surface area contributed by atoms with Gasteiger partial charge in [0.1, 0.15) is 5.41 Å². The average Bonchev–Trinajstić information content (AvgIpc) is 3.46. The number of hydrogen-bond acceptors (Lipinski definition) is 5. The van der Waals surface area contributed by atoms with E-state index in [0.29, 0.717) is 10.5 Å². The first kappa shape index (κ1) is 30.6. The first-order chi connectivity index (χ1) is 22.2. The Morgan fingerprint density at radius 3 is 1.72 bits per heavy atom. The number of fused-ring (bicyclic) bond motifs is 2. The molecule has 6 rings (SSSR count). The number of imide groups is 2. The molecule has 1 atom stereocenters. The molecule has 47 heavy (non-hydrogen) atoms. The fraction of sp³-hybridized carbons (Fsp3) is 0.0833. The van der Waals surface area contributed by atoms with Crippen molar-refractivity contribution in [2.24, 2.45) is 0 Å². The van der Waals surface area contributed by atoms with Gasteiger partial charge in [-0.3, -0.25) is 19.2 Å². The largest absolute Gasteiger partial charge is 0.478 e. The van der Waals surface area contributed by atoms with Crippen LogP contribution in [0, 0.1) is 24.7 Å². The minimum absolute atomic E-state index is 0.00125. The van der Waals surface area contributed by atoms with Gasteiger partial charge in [-0.05, 0) is 78.7 Å². The number of carboxylic acid groups (broad SMARTS) is 1. The molecule has 2 aliphatic rings. The number of benzene rings is 4. The molecular weight excluding hydrogens is 613 g/mol. The number of halogens is 3. The van der Waals surface area contributed by atoms with Crippen LogP contribution in [-0.2, 0) is 5.41 Å². The van der Waals surface area contributed by atoms with E-state index in [1.54, 1.807) is 0 Å². The van der Waals surface area contributed by atoms with Gasteiger partial charge < -0.3 is 5.11 Å². The number of alkyl halides is 3. The number of amides is 4. The molecule has 230 valence electrons.